The van der Waals surface area contributed by atoms with Gasteiger partial charge in [0.2, 0.25) is 0 Å². The fourth-order valence-electron chi connectivity index (χ4n) is 0.968. The van der Waals surface area contributed by atoms with Crippen LogP contribution < -0.4 is 0 Å². The van der Waals surface area contributed by atoms with Gasteiger partial charge in [-0.1, -0.05) is 12.1 Å². The van der Waals surface area contributed by atoms with Crippen LogP contribution in [0.15, 0.2) is 24.3 Å². The lowest BCUT2D eigenvalue weighted by atomic mass is 10.2. The highest BCUT2D eigenvalue weighted by Crippen LogP contribution is 2.17. The molecule has 0 radical (unpaired) electrons. The first-order chi connectivity index (χ1) is 7.13. The average molecular weight is 221 g/mol. The number of rotatable bonds is 4. The number of carboxylic acid groups (broad SMARTS) is 1. The monoisotopic (exact) mass is 221 g/mol. The third kappa shape index (κ3) is 3.64. The second kappa shape index (κ2) is 5.42. The van der Waals surface area contributed by atoms with Crippen molar-refractivity contribution < 1.29 is 9.90 Å². The minimum Gasteiger partial charge on any atom is -0.480 e. The first-order valence-electron chi connectivity index (χ1n) is 4.47. The average Bonchev–Trinajstić information content (AvgIpc) is 2.26. The summed E-state index contributed by atoms with van der Waals surface area (Å²) in [5.74, 6) is -0.146. The zero-order valence-corrected chi connectivity index (χ0v) is 9.12. The number of hydrogen-bond donors (Lipinski definition) is 1. The molecule has 1 atom stereocenters. The maximum absolute atomic E-state index is 10.6. The first-order valence-corrected chi connectivity index (χ1v) is 5.52. The van der Waals surface area contributed by atoms with Crippen molar-refractivity contribution in [2.45, 2.75) is 17.9 Å². The molecule has 78 valence electrons. The second-order valence-corrected chi connectivity index (χ2v) is 4.43. The Morgan fingerprint density at radius 3 is 2.60 bits per heavy atom. The van der Waals surface area contributed by atoms with Crippen molar-refractivity contribution >= 4 is 17.7 Å². The van der Waals surface area contributed by atoms with Gasteiger partial charge >= 0.3 is 5.97 Å². The lowest BCUT2D eigenvalue weighted by molar-refractivity contribution is -0.136. The topological polar surface area (TPSA) is 61.1 Å². The minimum atomic E-state index is -0.798. The third-order valence-electron chi connectivity index (χ3n) is 1.93. The van der Waals surface area contributed by atoms with Crippen LogP contribution in [0, 0.1) is 11.3 Å². The summed E-state index contributed by atoms with van der Waals surface area (Å²) in [5, 5.41) is 16.9. The first kappa shape index (κ1) is 11.6. The van der Waals surface area contributed by atoms with Crippen LogP contribution in [0.25, 0.3) is 0 Å². The fourth-order valence-corrected chi connectivity index (χ4v) is 1.75. The number of nitrogens with zero attached hydrogens (tertiary/aromatic N) is 1. The van der Waals surface area contributed by atoms with Crippen molar-refractivity contribution in [2.75, 3.05) is 0 Å². The summed E-state index contributed by atoms with van der Waals surface area (Å²) >= 11 is 1.37. The largest absolute Gasteiger partial charge is 0.480 e. The van der Waals surface area contributed by atoms with Crippen molar-refractivity contribution in [3.05, 3.63) is 35.4 Å². The Kier molecular flexibility index (Phi) is 4.19. The molecule has 4 heteroatoms. The van der Waals surface area contributed by atoms with Gasteiger partial charge in [0.15, 0.2) is 0 Å². The summed E-state index contributed by atoms with van der Waals surface area (Å²) in [6.45, 7) is 1.66. The molecule has 0 fully saturated rings. The Morgan fingerprint density at radius 1 is 1.53 bits per heavy atom. The van der Waals surface area contributed by atoms with E-state index in [0.717, 1.165) is 5.56 Å². The van der Waals surface area contributed by atoms with Crippen LogP contribution in [0.3, 0.4) is 0 Å². The van der Waals surface area contributed by atoms with Crippen LogP contribution >= 0.6 is 11.8 Å². The molecular formula is C11H11NO2S. The van der Waals surface area contributed by atoms with Crippen LogP contribution in [0.2, 0.25) is 0 Å². The van der Waals surface area contributed by atoms with Crippen LogP contribution in [0.1, 0.15) is 18.1 Å². The standard InChI is InChI=1S/C11H11NO2S/c1-8(11(13)14)15-7-10-4-2-9(6-12)3-5-10/h2-5,8H,7H2,1H3,(H,13,14). The zero-order chi connectivity index (χ0) is 11.3. The number of aliphatic carboxylic acids is 1. The Bertz CT molecular complexity index is 381. The lowest BCUT2D eigenvalue weighted by Crippen LogP contribution is -2.11. The molecule has 15 heavy (non-hydrogen) atoms. The molecule has 0 heterocycles. The summed E-state index contributed by atoms with van der Waals surface area (Å²) in [6, 6.07) is 9.21. The Labute approximate surface area is 92.7 Å². The molecule has 0 aromatic heterocycles. The maximum atomic E-state index is 10.6. The van der Waals surface area contributed by atoms with Crippen molar-refractivity contribution in [1.29, 1.82) is 5.26 Å². The van der Waals surface area contributed by atoms with Crippen LogP contribution in [-0.2, 0) is 10.5 Å². The Balaban J connectivity index is 2.52. The van der Waals surface area contributed by atoms with Crippen molar-refractivity contribution in [2.24, 2.45) is 0 Å². The Hall–Kier alpha value is -1.47. The van der Waals surface area contributed by atoms with Gasteiger partial charge in [0.1, 0.15) is 0 Å². The lowest BCUT2D eigenvalue weighted by Gasteiger charge is -2.05. The van der Waals surface area contributed by atoms with Crippen LogP contribution in [-0.4, -0.2) is 16.3 Å². The van der Waals surface area contributed by atoms with Gasteiger partial charge in [-0.2, -0.15) is 5.26 Å². The van der Waals surface area contributed by atoms with Crippen molar-refractivity contribution in [1.82, 2.24) is 0 Å². The van der Waals surface area contributed by atoms with E-state index in [9.17, 15) is 4.79 Å². The maximum Gasteiger partial charge on any atom is 0.316 e. The SMILES string of the molecule is CC(SCc1ccc(C#N)cc1)C(=O)O. The molecule has 0 amide bonds. The molecule has 0 bridgehead atoms. The highest BCUT2D eigenvalue weighted by Gasteiger charge is 2.10. The van der Waals surface area contributed by atoms with Gasteiger partial charge in [-0.15, -0.1) is 11.8 Å². The smallest absolute Gasteiger partial charge is 0.316 e. The normalized spacial score (nSPS) is 11.7. The highest BCUT2D eigenvalue weighted by atomic mass is 32.2. The van der Waals surface area contributed by atoms with E-state index in [0.29, 0.717) is 11.3 Å². The van der Waals surface area contributed by atoms with E-state index < -0.39 is 11.2 Å². The van der Waals surface area contributed by atoms with Gasteiger partial charge in [0, 0.05) is 5.75 Å². The van der Waals surface area contributed by atoms with Gasteiger partial charge < -0.3 is 5.11 Å². The number of nitriles is 1. The van der Waals surface area contributed by atoms with E-state index in [1.54, 1.807) is 19.1 Å². The Morgan fingerprint density at radius 2 is 2.13 bits per heavy atom. The predicted octanol–water partition coefficient (Wildman–Crippen LogP) is 2.26. The molecule has 1 rings (SSSR count). The minimum absolute atomic E-state index is 0.402. The highest BCUT2D eigenvalue weighted by molar-refractivity contribution is 7.99. The van der Waals surface area contributed by atoms with Crippen LogP contribution in [0.4, 0.5) is 0 Å². The second-order valence-electron chi connectivity index (χ2n) is 3.10. The summed E-state index contributed by atoms with van der Waals surface area (Å²) in [7, 11) is 0. The van der Waals surface area contributed by atoms with Gasteiger partial charge in [-0.05, 0) is 24.6 Å². The van der Waals surface area contributed by atoms with E-state index >= 15 is 0 Å². The molecule has 0 aliphatic carbocycles. The molecule has 1 aromatic rings. The number of hydrogen-bond acceptors (Lipinski definition) is 3. The molecule has 0 saturated carbocycles. The van der Waals surface area contributed by atoms with Gasteiger partial charge in [-0.3, -0.25) is 4.79 Å². The molecule has 0 aliphatic rings. The van der Waals surface area contributed by atoms with Crippen molar-refractivity contribution in [3.8, 4) is 6.07 Å². The summed E-state index contributed by atoms with van der Waals surface area (Å²) < 4.78 is 0. The summed E-state index contributed by atoms with van der Waals surface area (Å²) in [6.07, 6.45) is 0. The molecule has 1 unspecified atom stereocenters. The number of thioether (sulfide) groups is 1. The van der Waals surface area contributed by atoms with Gasteiger partial charge in [0.25, 0.3) is 0 Å². The van der Waals surface area contributed by atoms with Gasteiger partial charge in [-0.25, -0.2) is 0 Å². The van der Waals surface area contributed by atoms with E-state index in [4.69, 9.17) is 10.4 Å². The molecule has 0 spiro atoms. The summed E-state index contributed by atoms with van der Waals surface area (Å²) in [4.78, 5) is 10.6. The molecule has 1 N–H and O–H groups in total. The van der Waals surface area contributed by atoms with E-state index in [1.165, 1.54) is 11.8 Å². The summed E-state index contributed by atoms with van der Waals surface area (Å²) in [5.41, 5.74) is 1.65. The van der Waals surface area contributed by atoms with Gasteiger partial charge in [0.05, 0.1) is 16.9 Å². The molecule has 0 aliphatic heterocycles. The fraction of sp³-hybridized carbons (Fsp3) is 0.273. The number of carboxylic acids is 1. The molecule has 3 nitrogen and oxygen atoms in total. The number of benzene rings is 1. The van der Waals surface area contributed by atoms with E-state index in [-0.39, 0.29) is 0 Å². The zero-order valence-electron chi connectivity index (χ0n) is 8.30. The molecule has 0 saturated heterocycles. The van der Waals surface area contributed by atoms with Crippen LogP contribution in [0.5, 0.6) is 0 Å². The molecule has 1 aromatic carbocycles. The third-order valence-corrected chi connectivity index (χ3v) is 3.13. The number of carbonyl (C=O) groups is 1. The van der Waals surface area contributed by atoms with Crippen molar-refractivity contribution in [3.63, 3.8) is 0 Å². The van der Waals surface area contributed by atoms with E-state index in [2.05, 4.69) is 0 Å². The quantitative estimate of drug-likeness (QED) is 0.847. The molecular weight excluding hydrogens is 210 g/mol. The van der Waals surface area contributed by atoms with E-state index in [1.807, 2.05) is 18.2 Å². The predicted molar refractivity (Wildman–Crippen MR) is 59.5 cm³/mol.